The molecule has 1 amide bonds. The molecule has 0 bridgehead atoms. The van der Waals surface area contributed by atoms with Crippen molar-refractivity contribution < 1.29 is 9.90 Å². The molecule has 4 heteroatoms. The number of aromatic hydroxyl groups is 1. The normalized spacial score (nSPS) is 15.7. The number of phenolic OH excluding ortho intramolecular Hbond substituents is 1. The number of amides is 1. The number of nitrogens with one attached hydrogen (secondary N) is 1. The summed E-state index contributed by atoms with van der Waals surface area (Å²) in [6, 6.07) is 5.04. The molecule has 2 rings (SSSR count). The van der Waals surface area contributed by atoms with Crippen molar-refractivity contribution in [3.8, 4) is 5.75 Å². The second-order valence-electron chi connectivity index (χ2n) is 5.01. The molecule has 0 spiro atoms. The summed E-state index contributed by atoms with van der Waals surface area (Å²) in [4.78, 5) is 13.6. The van der Waals surface area contributed by atoms with Crippen LogP contribution in [0.15, 0.2) is 18.2 Å². The Morgan fingerprint density at radius 3 is 2.69 bits per heavy atom. The summed E-state index contributed by atoms with van der Waals surface area (Å²) >= 11 is 0. The lowest BCUT2D eigenvalue weighted by Gasteiger charge is -2.40. The van der Waals surface area contributed by atoms with Gasteiger partial charge in [-0.1, -0.05) is 0 Å². The van der Waals surface area contributed by atoms with E-state index in [9.17, 15) is 9.90 Å². The molecule has 0 unspecified atom stereocenters. The van der Waals surface area contributed by atoms with E-state index >= 15 is 0 Å². The summed E-state index contributed by atoms with van der Waals surface area (Å²) in [5.41, 5.74) is 1.50. The molecule has 0 saturated heterocycles. The first-order chi connectivity index (χ1) is 7.38. The van der Waals surface area contributed by atoms with Gasteiger partial charge in [-0.2, -0.15) is 0 Å². The molecule has 86 valence electrons. The number of rotatable bonds is 0. The van der Waals surface area contributed by atoms with Crippen LogP contribution in [0, 0.1) is 0 Å². The van der Waals surface area contributed by atoms with Crippen molar-refractivity contribution >= 4 is 17.3 Å². The fourth-order valence-corrected chi connectivity index (χ4v) is 1.88. The first-order valence-corrected chi connectivity index (χ1v) is 5.28. The number of carbonyl (C=O) groups excluding carboxylic acids is 1. The van der Waals surface area contributed by atoms with Gasteiger partial charge < -0.3 is 15.3 Å². The Morgan fingerprint density at radius 1 is 1.38 bits per heavy atom. The molecule has 0 atom stereocenters. The molecule has 1 aromatic rings. The molecule has 2 N–H and O–H groups in total. The minimum absolute atomic E-state index is 0.0481. The molecule has 1 aliphatic heterocycles. The van der Waals surface area contributed by atoms with Gasteiger partial charge in [-0.25, -0.2) is 0 Å². The van der Waals surface area contributed by atoms with Crippen molar-refractivity contribution in [3.63, 3.8) is 0 Å². The Kier molecular flexibility index (Phi) is 2.30. The minimum atomic E-state index is -0.122. The van der Waals surface area contributed by atoms with Crippen LogP contribution in [0.4, 0.5) is 11.4 Å². The Labute approximate surface area is 94.9 Å². The van der Waals surface area contributed by atoms with E-state index in [-0.39, 0.29) is 17.2 Å². The van der Waals surface area contributed by atoms with E-state index < -0.39 is 0 Å². The van der Waals surface area contributed by atoms with Gasteiger partial charge in [-0.05, 0) is 32.9 Å². The van der Waals surface area contributed by atoms with Gasteiger partial charge in [0.15, 0.2) is 0 Å². The molecular formula is C12H16N2O2. The van der Waals surface area contributed by atoms with Crippen LogP contribution in [-0.4, -0.2) is 23.1 Å². The zero-order valence-corrected chi connectivity index (χ0v) is 9.74. The van der Waals surface area contributed by atoms with Gasteiger partial charge in [0.2, 0.25) is 5.91 Å². The van der Waals surface area contributed by atoms with Gasteiger partial charge in [-0.3, -0.25) is 4.79 Å². The first kappa shape index (κ1) is 10.8. The number of carbonyl (C=O) groups is 1. The highest BCUT2D eigenvalue weighted by atomic mass is 16.3. The smallest absolute Gasteiger partial charge is 0.243 e. The van der Waals surface area contributed by atoms with Gasteiger partial charge in [0.1, 0.15) is 5.75 Å². The number of phenols is 1. The van der Waals surface area contributed by atoms with E-state index in [2.05, 4.69) is 26.1 Å². The lowest BCUT2D eigenvalue weighted by Crippen LogP contribution is -2.48. The summed E-state index contributed by atoms with van der Waals surface area (Å²) in [5, 5.41) is 12.2. The number of hydrogen-bond acceptors (Lipinski definition) is 3. The molecule has 0 aliphatic carbocycles. The molecule has 0 saturated carbocycles. The number of nitrogens with zero attached hydrogens (tertiary/aromatic N) is 1. The van der Waals surface area contributed by atoms with Crippen molar-refractivity contribution in [2.24, 2.45) is 0 Å². The second kappa shape index (κ2) is 3.40. The second-order valence-corrected chi connectivity index (χ2v) is 5.01. The van der Waals surface area contributed by atoms with E-state index in [4.69, 9.17) is 0 Å². The maximum absolute atomic E-state index is 11.6. The van der Waals surface area contributed by atoms with Crippen molar-refractivity contribution in [1.82, 2.24) is 0 Å². The molecule has 4 nitrogen and oxygen atoms in total. The lowest BCUT2D eigenvalue weighted by molar-refractivity contribution is -0.115. The summed E-state index contributed by atoms with van der Waals surface area (Å²) < 4.78 is 0. The maximum atomic E-state index is 11.6. The fraction of sp³-hybridized carbons (Fsp3) is 0.417. The number of benzene rings is 1. The van der Waals surface area contributed by atoms with Gasteiger partial charge in [-0.15, -0.1) is 0 Å². The standard InChI is InChI=1S/C12H16N2O2/c1-12(2,3)14-7-11(16)13-9-6-8(15)4-5-10(9)14/h4-6,15H,7H2,1-3H3,(H,13,16). The third-order valence-electron chi connectivity index (χ3n) is 2.66. The SMILES string of the molecule is CC(C)(C)N1CC(=O)Nc2cc(O)ccc21. The van der Waals surface area contributed by atoms with E-state index in [1.54, 1.807) is 12.1 Å². The summed E-state index contributed by atoms with van der Waals surface area (Å²) in [5.74, 6) is 0.114. The van der Waals surface area contributed by atoms with Crippen molar-refractivity contribution in [2.75, 3.05) is 16.8 Å². The molecule has 0 aromatic heterocycles. The zero-order chi connectivity index (χ0) is 11.9. The number of anilines is 2. The predicted octanol–water partition coefficient (Wildman–Crippen LogP) is 1.95. The Hall–Kier alpha value is -1.71. The Balaban J connectivity index is 2.50. The quantitative estimate of drug-likeness (QED) is 0.702. The average Bonchev–Trinajstić information content (AvgIpc) is 2.14. The molecular weight excluding hydrogens is 204 g/mol. The summed E-state index contributed by atoms with van der Waals surface area (Å²) in [7, 11) is 0. The predicted molar refractivity (Wildman–Crippen MR) is 63.8 cm³/mol. The fourth-order valence-electron chi connectivity index (χ4n) is 1.88. The van der Waals surface area contributed by atoms with Crippen molar-refractivity contribution in [3.05, 3.63) is 18.2 Å². The van der Waals surface area contributed by atoms with Crippen LogP contribution in [0.1, 0.15) is 20.8 Å². The van der Waals surface area contributed by atoms with Gasteiger partial charge in [0, 0.05) is 11.6 Å². The highest BCUT2D eigenvalue weighted by Gasteiger charge is 2.29. The largest absolute Gasteiger partial charge is 0.508 e. The van der Waals surface area contributed by atoms with Crippen LogP contribution < -0.4 is 10.2 Å². The molecule has 1 heterocycles. The average molecular weight is 220 g/mol. The van der Waals surface area contributed by atoms with Crippen molar-refractivity contribution in [1.29, 1.82) is 0 Å². The molecule has 16 heavy (non-hydrogen) atoms. The van der Waals surface area contributed by atoms with E-state index in [1.165, 1.54) is 0 Å². The monoisotopic (exact) mass is 220 g/mol. The van der Waals surface area contributed by atoms with Crippen LogP contribution in [0.2, 0.25) is 0 Å². The zero-order valence-electron chi connectivity index (χ0n) is 9.74. The highest BCUT2D eigenvalue weighted by Crippen LogP contribution is 2.36. The van der Waals surface area contributed by atoms with Crippen molar-refractivity contribution in [2.45, 2.75) is 26.3 Å². The third kappa shape index (κ3) is 1.83. The maximum Gasteiger partial charge on any atom is 0.243 e. The topological polar surface area (TPSA) is 52.6 Å². The van der Waals surface area contributed by atoms with E-state index in [0.29, 0.717) is 12.2 Å². The molecule has 0 radical (unpaired) electrons. The molecule has 1 aromatic carbocycles. The minimum Gasteiger partial charge on any atom is -0.508 e. The van der Waals surface area contributed by atoms with Gasteiger partial charge >= 0.3 is 0 Å². The van der Waals surface area contributed by atoms with Crippen LogP contribution in [-0.2, 0) is 4.79 Å². The number of fused-ring (bicyclic) bond motifs is 1. The van der Waals surface area contributed by atoms with Crippen LogP contribution in [0.5, 0.6) is 5.75 Å². The molecule has 1 aliphatic rings. The summed E-state index contributed by atoms with van der Waals surface area (Å²) in [6.07, 6.45) is 0. The van der Waals surface area contributed by atoms with Gasteiger partial charge in [0.05, 0.1) is 17.9 Å². The van der Waals surface area contributed by atoms with Gasteiger partial charge in [0.25, 0.3) is 0 Å². The van der Waals surface area contributed by atoms with Crippen LogP contribution in [0.3, 0.4) is 0 Å². The summed E-state index contributed by atoms with van der Waals surface area (Å²) in [6.45, 7) is 6.52. The van der Waals surface area contributed by atoms with Crippen LogP contribution >= 0.6 is 0 Å². The highest BCUT2D eigenvalue weighted by molar-refractivity contribution is 6.01. The van der Waals surface area contributed by atoms with Crippen LogP contribution in [0.25, 0.3) is 0 Å². The van der Waals surface area contributed by atoms with E-state index in [1.807, 2.05) is 11.0 Å². The molecule has 0 fully saturated rings. The van der Waals surface area contributed by atoms with E-state index in [0.717, 1.165) is 5.69 Å². The Morgan fingerprint density at radius 2 is 2.06 bits per heavy atom. The lowest BCUT2D eigenvalue weighted by atomic mass is 10.0. The third-order valence-corrected chi connectivity index (χ3v) is 2.66. The Bertz CT molecular complexity index is 435. The first-order valence-electron chi connectivity index (χ1n) is 5.28. The number of hydrogen-bond donors (Lipinski definition) is 2.